The van der Waals surface area contributed by atoms with Gasteiger partial charge in [0.1, 0.15) is 5.60 Å². The summed E-state index contributed by atoms with van der Waals surface area (Å²) in [5.74, 6) is 0.366. The van der Waals surface area contributed by atoms with Crippen molar-refractivity contribution < 1.29 is 18.8 Å². The minimum Gasteiger partial charge on any atom is -0.444 e. The minimum atomic E-state index is -1.97. The third-order valence-corrected chi connectivity index (χ3v) is 10.9. The number of nitrogens with two attached hydrogens (primary N) is 1. The summed E-state index contributed by atoms with van der Waals surface area (Å²) in [6.07, 6.45) is 0.881. The van der Waals surface area contributed by atoms with Gasteiger partial charge in [-0.05, 0) is 64.6 Å². The molecule has 1 rings (SSSR count). The Bertz CT molecular complexity index is 607. The van der Waals surface area contributed by atoms with E-state index in [0.717, 1.165) is 6.42 Å². The number of hydrogen-bond acceptors (Lipinski definition) is 5. The molecule has 0 radical (unpaired) electrons. The fraction of sp³-hybridized carbons (Fsp3) is 0.913. The molecule has 6 nitrogen and oxygen atoms in total. The van der Waals surface area contributed by atoms with Crippen molar-refractivity contribution in [3.05, 3.63) is 0 Å². The van der Waals surface area contributed by atoms with Gasteiger partial charge in [0, 0.05) is 18.6 Å². The Balaban J connectivity index is 3.25. The van der Waals surface area contributed by atoms with Crippen molar-refractivity contribution in [3.63, 3.8) is 0 Å². The second-order valence-electron chi connectivity index (χ2n) is 11.9. The first kappa shape index (κ1) is 27.1. The number of carbonyl (C=O) groups excluding carboxylic acids is 2. The van der Waals surface area contributed by atoms with E-state index in [4.69, 9.17) is 14.9 Å². The van der Waals surface area contributed by atoms with E-state index in [0.29, 0.717) is 18.9 Å². The monoisotopic (exact) mass is 442 g/mol. The van der Waals surface area contributed by atoms with E-state index < -0.39 is 26.1 Å². The number of likely N-dealkylation sites (tertiary alicyclic amines) is 1. The first-order valence-electron chi connectivity index (χ1n) is 11.3. The van der Waals surface area contributed by atoms with Gasteiger partial charge in [0.25, 0.3) is 0 Å². The molecule has 1 saturated heterocycles. The number of hydrogen-bond donors (Lipinski definition) is 1. The van der Waals surface area contributed by atoms with E-state index in [1.54, 1.807) is 11.8 Å². The molecule has 0 aliphatic carbocycles. The predicted molar refractivity (Wildman–Crippen MR) is 125 cm³/mol. The molecular formula is C23H46N2O4Si. The number of Topliss-reactive ketones (excluding diaryl/α,β-unsaturated/α-hetero) is 1. The Morgan fingerprint density at radius 2 is 1.67 bits per heavy atom. The smallest absolute Gasteiger partial charge is 0.411 e. The van der Waals surface area contributed by atoms with Gasteiger partial charge in [0.15, 0.2) is 14.1 Å². The maximum Gasteiger partial charge on any atom is 0.411 e. The maximum atomic E-state index is 13.1. The molecule has 1 heterocycles. The average Bonchev–Trinajstić information content (AvgIpc) is 2.89. The Hall–Kier alpha value is -0.923. The van der Waals surface area contributed by atoms with Crippen LogP contribution in [0.25, 0.3) is 0 Å². The van der Waals surface area contributed by atoms with E-state index in [1.807, 2.05) is 20.8 Å². The maximum absolute atomic E-state index is 13.1. The summed E-state index contributed by atoms with van der Waals surface area (Å²) < 4.78 is 12.2. The highest BCUT2D eigenvalue weighted by Gasteiger charge is 2.50. The van der Waals surface area contributed by atoms with Gasteiger partial charge in [-0.3, -0.25) is 9.69 Å². The van der Waals surface area contributed by atoms with Crippen molar-refractivity contribution in [2.75, 3.05) is 6.61 Å². The Morgan fingerprint density at radius 1 is 1.13 bits per heavy atom. The van der Waals surface area contributed by atoms with E-state index in [2.05, 4.69) is 47.7 Å². The molecule has 176 valence electrons. The van der Waals surface area contributed by atoms with E-state index in [1.165, 1.54) is 0 Å². The lowest BCUT2D eigenvalue weighted by Crippen LogP contribution is -2.55. The van der Waals surface area contributed by atoms with Gasteiger partial charge in [0.2, 0.25) is 0 Å². The van der Waals surface area contributed by atoms with Crippen molar-refractivity contribution in [1.29, 1.82) is 0 Å². The average molecular weight is 443 g/mol. The van der Waals surface area contributed by atoms with Crippen LogP contribution in [0.4, 0.5) is 4.79 Å². The summed E-state index contributed by atoms with van der Waals surface area (Å²) in [4.78, 5) is 27.3. The topological polar surface area (TPSA) is 81.9 Å². The molecule has 1 aliphatic heterocycles. The molecule has 1 aliphatic rings. The van der Waals surface area contributed by atoms with Gasteiger partial charge in [-0.15, -0.1) is 0 Å². The van der Waals surface area contributed by atoms with Gasteiger partial charge in [0.05, 0.1) is 12.1 Å². The van der Waals surface area contributed by atoms with E-state index in [9.17, 15) is 9.59 Å². The van der Waals surface area contributed by atoms with Crippen LogP contribution in [-0.2, 0) is 14.0 Å². The van der Waals surface area contributed by atoms with Crippen molar-refractivity contribution in [2.24, 2.45) is 17.6 Å². The molecule has 0 spiro atoms. The van der Waals surface area contributed by atoms with Crippen LogP contribution in [0.5, 0.6) is 0 Å². The molecule has 7 heteroatoms. The zero-order valence-corrected chi connectivity index (χ0v) is 22.2. The van der Waals surface area contributed by atoms with Gasteiger partial charge in [-0.1, -0.05) is 34.6 Å². The van der Waals surface area contributed by atoms with Crippen LogP contribution in [0, 0.1) is 11.8 Å². The largest absolute Gasteiger partial charge is 0.444 e. The molecule has 0 aromatic heterocycles. The van der Waals surface area contributed by atoms with Gasteiger partial charge < -0.3 is 14.9 Å². The van der Waals surface area contributed by atoms with Crippen LogP contribution >= 0.6 is 0 Å². The molecule has 1 amide bonds. The normalized spacial score (nSPS) is 24.3. The van der Waals surface area contributed by atoms with Crippen LogP contribution in [0.15, 0.2) is 0 Å². The van der Waals surface area contributed by atoms with Crippen molar-refractivity contribution in [1.82, 2.24) is 4.90 Å². The third-order valence-electron chi connectivity index (χ3n) is 6.39. The quantitative estimate of drug-likeness (QED) is 0.563. The number of carbonyl (C=O) groups is 2. The molecule has 30 heavy (non-hydrogen) atoms. The Labute approximate surface area is 185 Å². The number of amides is 1. The standard InChI is InChI=1S/C23H46N2O4Si/c1-15(2)12-18(24)20-17(14-28-30(10,11)23(7,8)9)13-19(16(3)26)25(20)21(27)29-22(4,5)6/h15,17-20H,12-14,24H2,1-11H3/t17-,18?,19+,20+/m0/s1. The number of ether oxygens (including phenoxy) is 1. The second kappa shape index (κ2) is 9.70. The number of rotatable bonds is 7. The first-order valence-corrected chi connectivity index (χ1v) is 14.2. The van der Waals surface area contributed by atoms with Gasteiger partial charge in [-0.25, -0.2) is 4.79 Å². The minimum absolute atomic E-state index is 0.00860. The van der Waals surface area contributed by atoms with E-state index >= 15 is 0 Å². The summed E-state index contributed by atoms with van der Waals surface area (Å²) in [5, 5.41) is 0.0893. The summed E-state index contributed by atoms with van der Waals surface area (Å²) in [5.41, 5.74) is 6.01. The molecule has 0 saturated carbocycles. The first-order chi connectivity index (χ1) is 13.4. The van der Waals surface area contributed by atoms with Crippen molar-refractivity contribution in [3.8, 4) is 0 Å². The zero-order valence-electron chi connectivity index (χ0n) is 21.2. The van der Waals surface area contributed by atoms with Crippen molar-refractivity contribution in [2.45, 2.75) is 117 Å². The number of nitrogens with zero attached hydrogens (tertiary/aromatic N) is 1. The summed E-state index contributed by atoms with van der Waals surface area (Å²) in [6.45, 7) is 22.9. The lowest BCUT2D eigenvalue weighted by Gasteiger charge is -2.39. The Morgan fingerprint density at radius 3 is 2.07 bits per heavy atom. The third kappa shape index (κ3) is 7.06. The molecular weight excluding hydrogens is 396 g/mol. The van der Waals surface area contributed by atoms with Gasteiger partial charge in [-0.2, -0.15) is 0 Å². The Kier molecular flexibility index (Phi) is 8.76. The van der Waals surface area contributed by atoms with E-state index in [-0.39, 0.29) is 28.8 Å². The number of ketones is 1. The lowest BCUT2D eigenvalue weighted by atomic mass is 9.89. The van der Waals surface area contributed by atoms with Crippen LogP contribution in [0.3, 0.4) is 0 Å². The lowest BCUT2D eigenvalue weighted by molar-refractivity contribution is -0.121. The van der Waals surface area contributed by atoms with Crippen LogP contribution < -0.4 is 5.73 Å². The molecule has 1 fully saturated rings. The fourth-order valence-corrected chi connectivity index (χ4v) is 4.90. The molecule has 4 atom stereocenters. The fourth-order valence-electron chi connectivity index (χ4n) is 3.84. The molecule has 2 N–H and O–H groups in total. The SMILES string of the molecule is CC(=O)[C@H]1C[C@@H](CO[Si](C)(C)C(C)(C)C)[C@H](C(N)CC(C)C)N1C(=O)OC(C)(C)C. The summed E-state index contributed by atoms with van der Waals surface area (Å²) >= 11 is 0. The van der Waals surface area contributed by atoms with Crippen LogP contribution in [-0.4, -0.2) is 55.4 Å². The zero-order chi connectivity index (χ0) is 23.7. The molecule has 0 aromatic rings. The summed E-state index contributed by atoms with van der Waals surface area (Å²) in [6, 6.07) is -1.04. The second-order valence-corrected chi connectivity index (χ2v) is 16.7. The van der Waals surface area contributed by atoms with Crippen LogP contribution in [0.2, 0.25) is 18.1 Å². The van der Waals surface area contributed by atoms with Crippen LogP contribution in [0.1, 0.15) is 75.2 Å². The predicted octanol–water partition coefficient (Wildman–Crippen LogP) is 4.96. The highest BCUT2D eigenvalue weighted by molar-refractivity contribution is 6.74. The van der Waals surface area contributed by atoms with Gasteiger partial charge >= 0.3 is 6.09 Å². The summed E-state index contributed by atoms with van der Waals surface area (Å²) in [7, 11) is -1.97. The highest BCUT2D eigenvalue weighted by atomic mass is 28.4. The molecule has 0 bridgehead atoms. The molecule has 1 unspecified atom stereocenters. The van der Waals surface area contributed by atoms with Crippen molar-refractivity contribution >= 4 is 20.2 Å². The highest BCUT2D eigenvalue weighted by Crippen LogP contribution is 2.40. The molecule has 0 aromatic carbocycles.